The molecule has 0 atom stereocenters. The van der Waals surface area contributed by atoms with Gasteiger partial charge in [0.25, 0.3) is 0 Å². The van der Waals surface area contributed by atoms with Crippen LogP contribution >= 0.6 is 0 Å². The molecule has 0 spiro atoms. The van der Waals surface area contributed by atoms with E-state index < -0.39 is 0 Å². The fourth-order valence-electron chi connectivity index (χ4n) is 1.90. The van der Waals surface area contributed by atoms with E-state index in [-0.39, 0.29) is 0 Å². The molecule has 1 heterocycles. The number of benzene rings is 2. The van der Waals surface area contributed by atoms with Crippen molar-refractivity contribution < 1.29 is 4.74 Å². The van der Waals surface area contributed by atoms with Crippen LogP contribution in [0.5, 0.6) is 5.75 Å². The van der Waals surface area contributed by atoms with Gasteiger partial charge in [-0.05, 0) is 28.5 Å². The summed E-state index contributed by atoms with van der Waals surface area (Å²) in [6.45, 7) is 0. The van der Waals surface area contributed by atoms with Gasteiger partial charge in [-0.3, -0.25) is 0 Å². The van der Waals surface area contributed by atoms with Gasteiger partial charge in [-0.25, -0.2) is 0 Å². The van der Waals surface area contributed by atoms with E-state index in [4.69, 9.17) is 4.74 Å². The predicted octanol–water partition coefficient (Wildman–Crippen LogP) is 2.54. The van der Waals surface area contributed by atoms with Crippen LogP contribution in [0.3, 0.4) is 0 Å². The molecule has 5 nitrogen and oxygen atoms in total. The molecule has 0 aliphatic rings. The van der Waals surface area contributed by atoms with E-state index in [1.165, 1.54) is 0 Å². The molecule has 0 saturated carbocycles. The molecule has 0 radical (unpaired) electrons. The minimum Gasteiger partial charge on any atom is -0.497 e. The third kappa shape index (κ3) is 2.30. The topological polar surface area (TPSA) is 63.7 Å². The average Bonchev–Trinajstić information content (AvgIpc) is 3.02. The van der Waals surface area contributed by atoms with Crippen LogP contribution in [0.1, 0.15) is 0 Å². The van der Waals surface area contributed by atoms with Crippen molar-refractivity contribution in [3.8, 4) is 28.3 Å². The van der Waals surface area contributed by atoms with Crippen molar-refractivity contribution in [2.75, 3.05) is 7.11 Å². The zero-order chi connectivity index (χ0) is 13.1. The monoisotopic (exact) mass is 252 g/mol. The number of tetrazole rings is 1. The smallest absolute Gasteiger partial charge is 0.204 e. The first-order chi connectivity index (χ1) is 9.36. The van der Waals surface area contributed by atoms with Crippen molar-refractivity contribution in [1.82, 2.24) is 20.6 Å². The number of nitrogens with one attached hydrogen (secondary N) is 1. The van der Waals surface area contributed by atoms with Gasteiger partial charge >= 0.3 is 0 Å². The second-order valence-electron chi connectivity index (χ2n) is 4.04. The molecule has 0 unspecified atom stereocenters. The molecule has 2 aromatic carbocycles. The zero-order valence-electron chi connectivity index (χ0n) is 10.4. The van der Waals surface area contributed by atoms with Gasteiger partial charge in [0.2, 0.25) is 5.82 Å². The molecule has 0 fully saturated rings. The molecule has 1 aromatic heterocycles. The summed E-state index contributed by atoms with van der Waals surface area (Å²) in [4.78, 5) is 0. The molecule has 3 rings (SSSR count). The van der Waals surface area contributed by atoms with Crippen molar-refractivity contribution >= 4 is 0 Å². The van der Waals surface area contributed by atoms with Crippen molar-refractivity contribution in [3.05, 3.63) is 48.5 Å². The highest BCUT2D eigenvalue weighted by molar-refractivity contribution is 5.68. The molecule has 0 amide bonds. The number of ether oxygens (including phenoxy) is 1. The summed E-state index contributed by atoms with van der Waals surface area (Å²) in [5.41, 5.74) is 3.16. The number of H-pyrrole nitrogens is 1. The Morgan fingerprint density at radius 1 is 0.947 bits per heavy atom. The first-order valence-electron chi connectivity index (χ1n) is 5.85. The molecule has 1 N–H and O–H groups in total. The summed E-state index contributed by atoms with van der Waals surface area (Å²) in [5, 5.41) is 13.9. The van der Waals surface area contributed by atoms with Gasteiger partial charge in [0.05, 0.1) is 7.11 Å². The maximum Gasteiger partial charge on any atom is 0.204 e. The van der Waals surface area contributed by atoms with Crippen LogP contribution in [0.2, 0.25) is 0 Å². The van der Waals surface area contributed by atoms with E-state index in [0.29, 0.717) is 5.82 Å². The Balaban J connectivity index is 1.94. The second kappa shape index (κ2) is 4.89. The van der Waals surface area contributed by atoms with Gasteiger partial charge in [-0.15, -0.1) is 10.2 Å². The molecule has 0 bridgehead atoms. The lowest BCUT2D eigenvalue weighted by atomic mass is 10.0. The molecule has 0 aliphatic carbocycles. The highest BCUT2D eigenvalue weighted by Gasteiger charge is 2.04. The van der Waals surface area contributed by atoms with E-state index >= 15 is 0 Å². The number of hydrogen-bond donors (Lipinski definition) is 1. The first kappa shape index (κ1) is 11.4. The van der Waals surface area contributed by atoms with Crippen LogP contribution in [-0.2, 0) is 0 Å². The predicted molar refractivity (Wildman–Crippen MR) is 71.6 cm³/mol. The van der Waals surface area contributed by atoms with Crippen LogP contribution in [0, 0.1) is 0 Å². The molecule has 0 saturated heterocycles. The lowest BCUT2D eigenvalue weighted by Gasteiger charge is -2.05. The highest BCUT2D eigenvalue weighted by atomic mass is 16.5. The molecule has 0 aliphatic heterocycles. The molecular formula is C14H12N4O. The molecular weight excluding hydrogens is 240 g/mol. The zero-order valence-corrected chi connectivity index (χ0v) is 10.4. The average molecular weight is 252 g/mol. The minimum absolute atomic E-state index is 0.595. The van der Waals surface area contributed by atoms with Gasteiger partial charge in [0.15, 0.2) is 0 Å². The van der Waals surface area contributed by atoms with Crippen molar-refractivity contribution in [1.29, 1.82) is 0 Å². The summed E-state index contributed by atoms with van der Waals surface area (Å²) >= 11 is 0. The number of nitrogens with zero attached hydrogens (tertiary/aromatic N) is 3. The summed E-state index contributed by atoms with van der Waals surface area (Å²) < 4.78 is 5.23. The van der Waals surface area contributed by atoms with Gasteiger partial charge in [0, 0.05) is 5.56 Å². The lowest BCUT2D eigenvalue weighted by Crippen LogP contribution is -1.85. The number of hydrogen-bond acceptors (Lipinski definition) is 4. The summed E-state index contributed by atoms with van der Waals surface area (Å²) in [7, 11) is 1.67. The molecule has 5 heteroatoms. The number of methoxy groups -OCH3 is 1. The van der Waals surface area contributed by atoms with Crippen LogP contribution in [0.15, 0.2) is 48.5 Å². The number of rotatable bonds is 3. The summed E-state index contributed by atoms with van der Waals surface area (Å²) in [6.07, 6.45) is 0. The van der Waals surface area contributed by atoms with Crippen molar-refractivity contribution in [2.45, 2.75) is 0 Å². The second-order valence-corrected chi connectivity index (χ2v) is 4.04. The van der Waals surface area contributed by atoms with Crippen LogP contribution in [0.4, 0.5) is 0 Å². The fourth-order valence-corrected chi connectivity index (χ4v) is 1.90. The van der Waals surface area contributed by atoms with E-state index in [2.05, 4.69) is 20.6 Å². The minimum atomic E-state index is 0.595. The van der Waals surface area contributed by atoms with Crippen LogP contribution in [0.25, 0.3) is 22.5 Å². The molecule has 94 valence electrons. The van der Waals surface area contributed by atoms with Crippen LogP contribution in [-0.4, -0.2) is 27.7 Å². The Morgan fingerprint density at radius 3 is 2.42 bits per heavy atom. The fraction of sp³-hybridized carbons (Fsp3) is 0.0714. The summed E-state index contributed by atoms with van der Waals surface area (Å²) in [6, 6.07) is 16.0. The largest absolute Gasteiger partial charge is 0.497 e. The first-order valence-corrected chi connectivity index (χ1v) is 5.85. The highest BCUT2D eigenvalue weighted by Crippen LogP contribution is 2.25. The lowest BCUT2D eigenvalue weighted by molar-refractivity contribution is 0.415. The summed E-state index contributed by atoms with van der Waals surface area (Å²) in [5.74, 6) is 1.44. The molecule has 3 aromatic rings. The maximum absolute atomic E-state index is 5.23. The maximum atomic E-state index is 5.23. The molecule has 19 heavy (non-hydrogen) atoms. The van der Waals surface area contributed by atoms with Gasteiger partial charge in [-0.1, -0.05) is 36.4 Å². The third-order valence-electron chi connectivity index (χ3n) is 2.89. The Bertz CT molecular complexity index is 662. The van der Waals surface area contributed by atoms with E-state index in [1.54, 1.807) is 7.11 Å². The quantitative estimate of drug-likeness (QED) is 0.778. The van der Waals surface area contributed by atoms with Crippen molar-refractivity contribution in [2.24, 2.45) is 0 Å². The van der Waals surface area contributed by atoms with Crippen LogP contribution < -0.4 is 4.74 Å². The normalized spacial score (nSPS) is 10.4. The van der Waals surface area contributed by atoms with Gasteiger partial charge in [-0.2, -0.15) is 5.21 Å². The Kier molecular flexibility index (Phi) is 2.94. The van der Waals surface area contributed by atoms with Gasteiger partial charge < -0.3 is 4.74 Å². The Morgan fingerprint density at radius 2 is 1.74 bits per heavy atom. The standard InChI is InChI=1S/C14H12N4O/c1-19-13-4-2-3-12(9-13)10-5-7-11(8-6-10)14-15-17-18-16-14/h2-9H,1H3,(H,15,16,17,18). The Labute approximate surface area is 110 Å². The Hall–Kier alpha value is -2.69. The van der Waals surface area contributed by atoms with E-state index in [0.717, 1.165) is 22.4 Å². The third-order valence-corrected chi connectivity index (χ3v) is 2.89. The SMILES string of the molecule is COc1cccc(-c2ccc(-c3nn[nH]n3)cc2)c1. The van der Waals surface area contributed by atoms with E-state index in [1.807, 2.05) is 48.5 Å². The van der Waals surface area contributed by atoms with Gasteiger partial charge in [0.1, 0.15) is 5.75 Å². The van der Waals surface area contributed by atoms with E-state index in [9.17, 15) is 0 Å². The number of aromatic nitrogens is 4. The van der Waals surface area contributed by atoms with Crippen molar-refractivity contribution in [3.63, 3.8) is 0 Å². The number of aromatic amines is 1.